The molecule has 0 atom stereocenters. The molecule has 2 aromatic carbocycles. The number of nitriles is 1. The molecule has 0 saturated carbocycles. The largest absolute Gasteiger partial charge is 0.497 e. The Kier molecular flexibility index (Phi) is 4.08. The van der Waals surface area contributed by atoms with Gasteiger partial charge in [-0.1, -0.05) is 15.9 Å². The van der Waals surface area contributed by atoms with Gasteiger partial charge < -0.3 is 10.1 Å². The molecule has 0 heterocycles. The van der Waals surface area contributed by atoms with Gasteiger partial charge in [0.25, 0.3) is 0 Å². The third-order valence-electron chi connectivity index (χ3n) is 2.80. The molecule has 0 bridgehead atoms. The molecule has 0 spiro atoms. The molecule has 0 aliphatic rings. The topological polar surface area (TPSA) is 45.0 Å². The van der Waals surface area contributed by atoms with Crippen LogP contribution in [0.4, 0.5) is 11.4 Å². The minimum Gasteiger partial charge on any atom is -0.497 e. The maximum absolute atomic E-state index is 9.14. The van der Waals surface area contributed by atoms with Gasteiger partial charge in [-0.05, 0) is 48.9 Å². The predicted molar refractivity (Wildman–Crippen MR) is 79.9 cm³/mol. The van der Waals surface area contributed by atoms with E-state index >= 15 is 0 Å². The summed E-state index contributed by atoms with van der Waals surface area (Å²) in [6.45, 7) is 2.00. The van der Waals surface area contributed by atoms with E-state index in [1.807, 2.05) is 37.3 Å². The lowest BCUT2D eigenvalue weighted by atomic mass is 10.1. The zero-order chi connectivity index (χ0) is 13.8. The molecule has 0 aliphatic carbocycles. The summed E-state index contributed by atoms with van der Waals surface area (Å²) in [5, 5.41) is 12.4. The van der Waals surface area contributed by atoms with Crippen molar-refractivity contribution in [2.45, 2.75) is 6.92 Å². The first-order valence-corrected chi connectivity index (χ1v) is 6.54. The van der Waals surface area contributed by atoms with Crippen LogP contribution in [-0.4, -0.2) is 7.11 Å². The van der Waals surface area contributed by atoms with E-state index in [1.165, 1.54) is 0 Å². The Bertz CT molecular complexity index is 647. The Morgan fingerprint density at radius 1 is 1.16 bits per heavy atom. The molecule has 0 saturated heterocycles. The minimum atomic E-state index is 0.601. The second-order valence-corrected chi connectivity index (χ2v) is 5.02. The van der Waals surface area contributed by atoms with E-state index in [4.69, 9.17) is 10.00 Å². The molecule has 0 amide bonds. The third kappa shape index (κ3) is 3.07. The van der Waals surface area contributed by atoms with Crippen LogP contribution in [0.5, 0.6) is 5.75 Å². The van der Waals surface area contributed by atoms with Gasteiger partial charge >= 0.3 is 0 Å². The lowest BCUT2D eigenvalue weighted by Crippen LogP contribution is -1.96. The Morgan fingerprint density at radius 2 is 1.89 bits per heavy atom. The number of rotatable bonds is 3. The SMILES string of the molecule is COc1ccc(Nc2ccc(Br)cc2C#N)c(C)c1. The Balaban J connectivity index is 2.34. The summed E-state index contributed by atoms with van der Waals surface area (Å²) >= 11 is 3.36. The Morgan fingerprint density at radius 3 is 2.53 bits per heavy atom. The number of nitrogens with zero attached hydrogens (tertiary/aromatic N) is 1. The number of benzene rings is 2. The Hall–Kier alpha value is -1.99. The number of anilines is 2. The molecule has 19 heavy (non-hydrogen) atoms. The van der Waals surface area contributed by atoms with E-state index in [-0.39, 0.29) is 0 Å². The first kappa shape index (κ1) is 13.4. The maximum atomic E-state index is 9.14. The van der Waals surface area contributed by atoms with Gasteiger partial charge in [-0.25, -0.2) is 0 Å². The van der Waals surface area contributed by atoms with Crippen LogP contribution in [0, 0.1) is 18.3 Å². The van der Waals surface area contributed by atoms with Crippen LogP contribution in [0.25, 0.3) is 0 Å². The van der Waals surface area contributed by atoms with Gasteiger partial charge in [-0.2, -0.15) is 5.26 Å². The van der Waals surface area contributed by atoms with Crippen molar-refractivity contribution in [3.05, 3.63) is 52.0 Å². The summed E-state index contributed by atoms with van der Waals surface area (Å²) < 4.78 is 6.06. The molecule has 4 heteroatoms. The fourth-order valence-electron chi connectivity index (χ4n) is 1.77. The summed E-state index contributed by atoms with van der Waals surface area (Å²) in [5.74, 6) is 0.819. The van der Waals surface area contributed by atoms with E-state index in [2.05, 4.69) is 27.3 Å². The van der Waals surface area contributed by atoms with Gasteiger partial charge in [0.05, 0.1) is 18.4 Å². The van der Waals surface area contributed by atoms with Crippen LogP contribution in [0.3, 0.4) is 0 Å². The highest BCUT2D eigenvalue weighted by Crippen LogP contribution is 2.27. The molecule has 1 N–H and O–H groups in total. The molecule has 0 unspecified atom stereocenters. The molecular formula is C15H13BrN2O. The standard InChI is InChI=1S/C15H13BrN2O/c1-10-7-13(19-2)4-6-14(10)18-15-5-3-12(16)8-11(15)9-17/h3-8,18H,1-2H3. The zero-order valence-electron chi connectivity index (χ0n) is 10.7. The lowest BCUT2D eigenvalue weighted by Gasteiger charge is -2.12. The van der Waals surface area contributed by atoms with E-state index in [0.717, 1.165) is 27.2 Å². The average Bonchev–Trinajstić information content (AvgIpc) is 2.42. The van der Waals surface area contributed by atoms with Crippen molar-refractivity contribution < 1.29 is 4.74 Å². The highest BCUT2D eigenvalue weighted by atomic mass is 79.9. The first-order valence-electron chi connectivity index (χ1n) is 5.75. The van der Waals surface area contributed by atoms with E-state index in [1.54, 1.807) is 13.2 Å². The van der Waals surface area contributed by atoms with Gasteiger partial charge in [0, 0.05) is 10.2 Å². The highest BCUT2D eigenvalue weighted by Gasteiger charge is 2.05. The Labute approximate surface area is 121 Å². The molecular weight excluding hydrogens is 304 g/mol. The molecule has 96 valence electrons. The van der Waals surface area contributed by atoms with Gasteiger partial charge in [0.2, 0.25) is 0 Å². The second-order valence-electron chi connectivity index (χ2n) is 4.11. The van der Waals surface area contributed by atoms with Crippen molar-refractivity contribution in [3.63, 3.8) is 0 Å². The normalized spacial score (nSPS) is 9.79. The molecule has 0 fully saturated rings. The molecule has 0 aromatic heterocycles. The van der Waals surface area contributed by atoms with Crippen LogP contribution in [0.1, 0.15) is 11.1 Å². The van der Waals surface area contributed by atoms with Crippen LogP contribution >= 0.6 is 15.9 Å². The van der Waals surface area contributed by atoms with Crippen LogP contribution in [0.15, 0.2) is 40.9 Å². The van der Waals surface area contributed by atoms with Gasteiger partial charge in [0.1, 0.15) is 11.8 Å². The summed E-state index contributed by atoms with van der Waals surface area (Å²) in [6, 6.07) is 13.5. The average molecular weight is 317 g/mol. The highest BCUT2D eigenvalue weighted by molar-refractivity contribution is 9.10. The zero-order valence-corrected chi connectivity index (χ0v) is 12.3. The number of aryl methyl sites for hydroxylation is 1. The number of halogens is 1. The van der Waals surface area contributed by atoms with E-state index in [9.17, 15) is 0 Å². The summed E-state index contributed by atoms with van der Waals surface area (Å²) in [6.07, 6.45) is 0. The first-order chi connectivity index (χ1) is 9.13. The molecule has 2 aromatic rings. The summed E-state index contributed by atoms with van der Waals surface area (Å²) in [7, 11) is 1.64. The van der Waals surface area contributed by atoms with Gasteiger partial charge in [-0.3, -0.25) is 0 Å². The van der Waals surface area contributed by atoms with Crippen molar-refractivity contribution in [1.29, 1.82) is 5.26 Å². The van der Waals surface area contributed by atoms with Gasteiger partial charge in [0.15, 0.2) is 0 Å². The summed E-state index contributed by atoms with van der Waals surface area (Å²) in [5.41, 5.74) is 3.41. The van der Waals surface area contributed by atoms with Crippen molar-refractivity contribution in [3.8, 4) is 11.8 Å². The molecule has 0 aliphatic heterocycles. The predicted octanol–water partition coefficient (Wildman–Crippen LogP) is 4.38. The number of methoxy groups -OCH3 is 1. The van der Waals surface area contributed by atoms with Crippen LogP contribution in [0.2, 0.25) is 0 Å². The minimum absolute atomic E-state index is 0.601. The number of nitrogens with one attached hydrogen (secondary N) is 1. The van der Waals surface area contributed by atoms with Crippen molar-refractivity contribution >= 4 is 27.3 Å². The smallest absolute Gasteiger partial charge is 0.119 e. The fraction of sp³-hybridized carbons (Fsp3) is 0.133. The second kappa shape index (κ2) is 5.77. The fourth-order valence-corrected chi connectivity index (χ4v) is 2.13. The van der Waals surface area contributed by atoms with Crippen LogP contribution < -0.4 is 10.1 Å². The van der Waals surface area contributed by atoms with Gasteiger partial charge in [-0.15, -0.1) is 0 Å². The molecule has 0 radical (unpaired) electrons. The molecule has 2 rings (SSSR count). The number of hydrogen-bond acceptors (Lipinski definition) is 3. The third-order valence-corrected chi connectivity index (χ3v) is 3.30. The van der Waals surface area contributed by atoms with E-state index < -0.39 is 0 Å². The quantitative estimate of drug-likeness (QED) is 0.913. The maximum Gasteiger partial charge on any atom is 0.119 e. The number of hydrogen-bond donors (Lipinski definition) is 1. The summed E-state index contributed by atoms with van der Waals surface area (Å²) in [4.78, 5) is 0. The monoisotopic (exact) mass is 316 g/mol. The van der Waals surface area contributed by atoms with E-state index in [0.29, 0.717) is 5.56 Å². The van der Waals surface area contributed by atoms with Crippen molar-refractivity contribution in [2.24, 2.45) is 0 Å². The number of ether oxygens (including phenoxy) is 1. The van der Waals surface area contributed by atoms with Crippen molar-refractivity contribution in [1.82, 2.24) is 0 Å². The van der Waals surface area contributed by atoms with Crippen LogP contribution in [-0.2, 0) is 0 Å². The lowest BCUT2D eigenvalue weighted by molar-refractivity contribution is 0.414. The molecule has 3 nitrogen and oxygen atoms in total. The van der Waals surface area contributed by atoms with Crippen molar-refractivity contribution in [2.75, 3.05) is 12.4 Å².